The third-order valence-electron chi connectivity index (χ3n) is 8.69. The van der Waals surface area contributed by atoms with Crippen molar-refractivity contribution in [2.75, 3.05) is 33.4 Å². The van der Waals surface area contributed by atoms with Gasteiger partial charge in [-0.2, -0.15) is 0 Å². The number of hydrogen-bond donors (Lipinski definition) is 2. The number of carbonyl (C=O) groups excluding carboxylic acids is 5. The Morgan fingerprint density at radius 2 is 1.08 bits per heavy atom. The van der Waals surface area contributed by atoms with Gasteiger partial charge in [-0.1, -0.05) is 82.8 Å². The lowest BCUT2D eigenvalue weighted by atomic mass is 9.74. The minimum absolute atomic E-state index is 0.0443. The second-order valence-electron chi connectivity index (χ2n) is 13.6. The zero-order chi connectivity index (χ0) is 36.5. The van der Waals surface area contributed by atoms with E-state index in [1.54, 1.807) is 50.4 Å². The zero-order valence-corrected chi connectivity index (χ0v) is 29.9. The molecule has 2 aliphatic rings. The van der Waals surface area contributed by atoms with Gasteiger partial charge in [-0.05, 0) is 73.1 Å². The van der Waals surface area contributed by atoms with E-state index in [9.17, 15) is 24.0 Å². The van der Waals surface area contributed by atoms with E-state index >= 15 is 0 Å². The van der Waals surface area contributed by atoms with Gasteiger partial charge in [0.15, 0.2) is 11.6 Å². The molecule has 0 aromatic heterocycles. The number of Topliss-reactive ketones (excluding diaryl/α,β-unsaturated/α-hetero) is 2. The van der Waals surface area contributed by atoms with Gasteiger partial charge in [-0.3, -0.25) is 24.0 Å². The predicted octanol–water partition coefficient (Wildman–Crippen LogP) is 6.17. The van der Waals surface area contributed by atoms with Gasteiger partial charge in [0, 0.05) is 34.4 Å². The molecule has 4 rings (SSSR count). The van der Waals surface area contributed by atoms with Crippen molar-refractivity contribution in [3.05, 3.63) is 106 Å². The fourth-order valence-corrected chi connectivity index (χ4v) is 6.27. The first-order valence-corrected chi connectivity index (χ1v) is 17.2. The summed E-state index contributed by atoms with van der Waals surface area (Å²) in [4.78, 5) is 67.4. The number of rotatable bonds is 15. The third-order valence-corrected chi connectivity index (χ3v) is 8.69. The Hall–Kier alpha value is -4.89. The molecule has 0 saturated heterocycles. The van der Waals surface area contributed by atoms with E-state index in [-0.39, 0.29) is 54.6 Å². The molecule has 0 saturated carbocycles. The van der Waals surface area contributed by atoms with E-state index in [2.05, 4.69) is 17.2 Å². The molecule has 0 spiro atoms. The van der Waals surface area contributed by atoms with Crippen molar-refractivity contribution in [2.45, 2.75) is 47.5 Å². The number of benzene rings is 2. The Bertz CT molecular complexity index is 1760. The molecule has 264 valence electrons. The Balaban J connectivity index is 1.89. The average molecular weight is 681 g/mol. The van der Waals surface area contributed by atoms with Gasteiger partial charge in [-0.25, -0.2) is 0 Å². The maximum atomic E-state index is 14.2. The van der Waals surface area contributed by atoms with Crippen LogP contribution in [0.15, 0.2) is 84.0 Å². The summed E-state index contributed by atoms with van der Waals surface area (Å²) in [6, 6.07) is 14.5. The van der Waals surface area contributed by atoms with Crippen molar-refractivity contribution in [1.82, 2.24) is 10.6 Å². The highest BCUT2D eigenvalue weighted by Crippen LogP contribution is 2.43. The standard InChI is InChI=1S/C41H48N2O7/c1-24(2)20-35(40(47)49-18-16-42-7)33-22-31(27-12-8-10-14-29(27)37(33)44)32-23-34(38(45)30-15-11-9-13-28(30)32)36(21-25(3)4)41(48)50-19-17-43-39(46)26(5)6/h8-15,22-25,35-36,42H,5,16-21H2,1-4,6-7H3,(H,43,46)/b32-31+. The SMILES string of the molecule is C=C(C)C(=O)NCCOC(=O)C(CC(C)C)C1=C/C(=C2/C=C(C(CC(C)C)C(=O)OCCNC)C(=O)c3ccccc32)c2ccccc2C1=O. The first kappa shape index (κ1) is 37.9. The summed E-state index contributed by atoms with van der Waals surface area (Å²) in [7, 11) is 1.77. The minimum atomic E-state index is -0.886. The number of allylic oxidation sites excluding steroid dienone is 4. The van der Waals surface area contributed by atoms with Crippen LogP contribution < -0.4 is 10.6 Å². The molecular formula is C41H48N2O7. The van der Waals surface area contributed by atoms with Crippen molar-refractivity contribution < 1.29 is 33.4 Å². The van der Waals surface area contributed by atoms with Gasteiger partial charge in [0.25, 0.3) is 0 Å². The van der Waals surface area contributed by atoms with Gasteiger partial charge in [-0.15, -0.1) is 0 Å². The van der Waals surface area contributed by atoms with Gasteiger partial charge in [0.2, 0.25) is 5.91 Å². The van der Waals surface area contributed by atoms with Crippen LogP contribution in [0.25, 0.3) is 11.1 Å². The summed E-state index contributed by atoms with van der Waals surface area (Å²) in [5.41, 5.74) is 4.49. The molecule has 2 atom stereocenters. The predicted molar refractivity (Wildman–Crippen MR) is 194 cm³/mol. The first-order chi connectivity index (χ1) is 23.8. The fourth-order valence-electron chi connectivity index (χ4n) is 6.27. The minimum Gasteiger partial charge on any atom is -0.464 e. The number of fused-ring (bicyclic) bond motifs is 2. The summed E-state index contributed by atoms with van der Waals surface area (Å²) in [5.74, 6) is -3.44. The molecular weight excluding hydrogens is 632 g/mol. The molecule has 2 aliphatic carbocycles. The van der Waals surface area contributed by atoms with Crippen molar-refractivity contribution in [2.24, 2.45) is 23.7 Å². The highest BCUT2D eigenvalue weighted by molar-refractivity contribution is 6.24. The maximum Gasteiger partial charge on any atom is 0.313 e. The van der Waals surface area contributed by atoms with Crippen LogP contribution >= 0.6 is 0 Å². The largest absolute Gasteiger partial charge is 0.464 e. The highest BCUT2D eigenvalue weighted by Gasteiger charge is 2.38. The summed E-state index contributed by atoms with van der Waals surface area (Å²) in [5, 5.41) is 5.62. The number of ketones is 2. The number of carbonyl (C=O) groups is 5. The Kier molecular flexibility index (Phi) is 13.0. The summed E-state index contributed by atoms with van der Waals surface area (Å²) >= 11 is 0. The molecule has 2 N–H and O–H groups in total. The molecule has 0 heterocycles. The van der Waals surface area contributed by atoms with Crippen LogP contribution in [0.5, 0.6) is 0 Å². The van der Waals surface area contributed by atoms with Crippen molar-refractivity contribution in [3.8, 4) is 0 Å². The van der Waals surface area contributed by atoms with Gasteiger partial charge < -0.3 is 20.1 Å². The molecule has 9 heteroatoms. The normalized spacial score (nSPS) is 16.6. The molecule has 2 unspecified atom stereocenters. The van der Waals surface area contributed by atoms with Gasteiger partial charge >= 0.3 is 11.9 Å². The van der Waals surface area contributed by atoms with E-state index in [1.807, 2.05) is 52.0 Å². The van der Waals surface area contributed by atoms with Crippen molar-refractivity contribution in [3.63, 3.8) is 0 Å². The second kappa shape index (κ2) is 17.2. The number of ether oxygens (including phenoxy) is 2. The monoisotopic (exact) mass is 680 g/mol. The highest BCUT2D eigenvalue weighted by atomic mass is 16.5. The van der Waals surface area contributed by atoms with Crippen LogP contribution in [0.3, 0.4) is 0 Å². The van der Waals surface area contributed by atoms with Crippen LogP contribution in [-0.4, -0.2) is 62.8 Å². The molecule has 0 radical (unpaired) electrons. The van der Waals surface area contributed by atoms with E-state index in [0.717, 1.165) is 0 Å². The number of amides is 1. The molecule has 50 heavy (non-hydrogen) atoms. The van der Waals surface area contributed by atoms with Gasteiger partial charge in [0.1, 0.15) is 13.2 Å². The number of esters is 2. The Morgan fingerprint density at radius 1 is 0.680 bits per heavy atom. The summed E-state index contributed by atoms with van der Waals surface area (Å²) < 4.78 is 11.2. The summed E-state index contributed by atoms with van der Waals surface area (Å²) in [6.45, 7) is 13.8. The molecule has 2 aromatic carbocycles. The van der Waals surface area contributed by atoms with E-state index in [4.69, 9.17) is 9.47 Å². The lowest BCUT2D eigenvalue weighted by Crippen LogP contribution is -2.32. The van der Waals surface area contributed by atoms with Crippen LogP contribution in [0.1, 0.15) is 79.3 Å². The van der Waals surface area contributed by atoms with Crippen LogP contribution in [0.4, 0.5) is 0 Å². The topological polar surface area (TPSA) is 128 Å². The van der Waals surface area contributed by atoms with Crippen LogP contribution in [0, 0.1) is 23.7 Å². The van der Waals surface area contributed by atoms with Crippen molar-refractivity contribution in [1.29, 1.82) is 0 Å². The number of nitrogens with one attached hydrogen (secondary N) is 2. The third kappa shape index (κ3) is 8.82. The Labute approximate surface area is 294 Å². The van der Waals surface area contributed by atoms with Crippen LogP contribution in [-0.2, 0) is 23.9 Å². The molecule has 9 nitrogen and oxygen atoms in total. The fraction of sp³-hybridized carbons (Fsp3) is 0.390. The van der Waals surface area contributed by atoms with E-state index in [0.29, 0.717) is 63.9 Å². The first-order valence-electron chi connectivity index (χ1n) is 17.2. The molecule has 0 aliphatic heterocycles. The average Bonchev–Trinajstić information content (AvgIpc) is 3.08. The quantitative estimate of drug-likeness (QED) is 0.130. The van der Waals surface area contributed by atoms with Gasteiger partial charge in [0.05, 0.1) is 18.4 Å². The Morgan fingerprint density at radius 3 is 1.46 bits per heavy atom. The maximum absolute atomic E-state index is 14.2. The molecule has 2 aromatic rings. The molecule has 0 fully saturated rings. The van der Waals surface area contributed by atoms with E-state index < -0.39 is 23.8 Å². The lowest BCUT2D eigenvalue weighted by Gasteiger charge is -2.29. The zero-order valence-electron chi connectivity index (χ0n) is 29.9. The molecule has 1 amide bonds. The van der Waals surface area contributed by atoms with Crippen LogP contribution in [0.2, 0.25) is 0 Å². The smallest absolute Gasteiger partial charge is 0.313 e. The second-order valence-corrected chi connectivity index (χ2v) is 13.6. The van der Waals surface area contributed by atoms with Crippen molar-refractivity contribution >= 4 is 40.6 Å². The summed E-state index contributed by atoms with van der Waals surface area (Å²) in [6.07, 6.45) is 4.28. The lowest BCUT2D eigenvalue weighted by molar-refractivity contribution is -0.148. The van der Waals surface area contributed by atoms with E-state index in [1.165, 1.54) is 0 Å². The number of likely N-dealkylation sites (N-methyl/N-ethyl adjacent to an activating group) is 1. The molecule has 0 bridgehead atoms. The number of hydrogen-bond acceptors (Lipinski definition) is 8.